The maximum Gasteiger partial charge on any atom is 0.275 e. The van der Waals surface area contributed by atoms with Crippen LogP contribution in [0.5, 0.6) is 5.75 Å². The van der Waals surface area contributed by atoms with Crippen molar-refractivity contribution in [1.82, 2.24) is 0 Å². The molecule has 0 spiro atoms. The van der Waals surface area contributed by atoms with Gasteiger partial charge in [0.05, 0.1) is 24.2 Å². The van der Waals surface area contributed by atoms with Crippen LogP contribution in [-0.2, 0) is 4.74 Å². The van der Waals surface area contributed by atoms with Gasteiger partial charge in [-0.3, -0.25) is 10.1 Å². The topological polar surface area (TPSA) is 73.6 Å². The van der Waals surface area contributed by atoms with Gasteiger partial charge in [-0.05, 0) is 20.3 Å². The summed E-state index contributed by atoms with van der Waals surface area (Å²) in [6.07, 6.45) is 0.853. The lowest BCUT2D eigenvalue weighted by molar-refractivity contribution is -0.384. The van der Waals surface area contributed by atoms with Crippen molar-refractivity contribution in [3.05, 3.63) is 28.3 Å². The van der Waals surface area contributed by atoms with Crippen LogP contribution in [-0.4, -0.2) is 30.8 Å². The summed E-state index contributed by atoms with van der Waals surface area (Å²) < 4.78 is 10.8. The van der Waals surface area contributed by atoms with Crippen molar-refractivity contribution >= 4 is 11.4 Å². The number of nitrogens with zero attached hydrogens (tertiary/aromatic N) is 1. The SMILES string of the molecule is CCCOc1cc(NC(C)COCC)cc([N+](=O)[O-])c1. The Balaban J connectivity index is 2.82. The normalized spacial score (nSPS) is 11.9. The Morgan fingerprint density at radius 2 is 2.10 bits per heavy atom. The standard InChI is InChI=1S/C14H22N2O4/c1-4-6-20-14-8-12(7-13(9-14)16(17)18)15-11(3)10-19-5-2/h7-9,11,15H,4-6,10H2,1-3H3. The molecule has 6 nitrogen and oxygen atoms in total. The average molecular weight is 282 g/mol. The minimum absolute atomic E-state index is 0.0183. The first-order chi connectivity index (χ1) is 9.56. The summed E-state index contributed by atoms with van der Waals surface area (Å²) in [4.78, 5) is 10.5. The van der Waals surface area contributed by atoms with Crippen molar-refractivity contribution in [1.29, 1.82) is 0 Å². The van der Waals surface area contributed by atoms with Crippen LogP contribution in [0.15, 0.2) is 18.2 Å². The average Bonchev–Trinajstić information content (AvgIpc) is 2.42. The minimum atomic E-state index is -0.419. The van der Waals surface area contributed by atoms with Crippen LogP contribution < -0.4 is 10.1 Å². The molecule has 1 aromatic carbocycles. The number of anilines is 1. The van der Waals surface area contributed by atoms with E-state index in [1.165, 1.54) is 12.1 Å². The molecule has 1 N–H and O–H groups in total. The highest BCUT2D eigenvalue weighted by molar-refractivity contribution is 5.56. The van der Waals surface area contributed by atoms with Gasteiger partial charge in [0, 0.05) is 30.5 Å². The van der Waals surface area contributed by atoms with E-state index in [2.05, 4.69) is 5.32 Å². The molecular formula is C14H22N2O4. The summed E-state index contributed by atoms with van der Waals surface area (Å²) in [6.45, 7) is 7.60. The number of hydrogen-bond acceptors (Lipinski definition) is 5. The second-order valence-electron chi connectivity index (χ2n) is 4.53. The molecule has 112 valence electrons. The lowest BCUT2D eigenvalue weighted by atomic mass is 10.2. The van der Waals surface area contributed by atoms with Crippen LogP contribution in [0.25, 0.3) is 0 Å². The molecule has 1 aromatic rings. The van der Waals surface area contributed by atoms with Crippen LogP contribution >= 0.6 is 0 Å². The zero-order valence-corrected chi connectivity index (χ0v) is 12.2. The zero-order valence-electron chi connectivity index (χ0n) is 12.2. The molecule has 1 rings (SSSR count). The Labute approximate surface area is 119 Å². The number of hydrogen-bond donors (Lipinski definition) is 1. The highest BCUT2D eigenvalue weighted by atomic mass is 16.6. The molecule has 0 aliphatic heterocycles. The Hall–Kier alpha value is -1.82. The van der Waals surface area contributed by atoms with Crippen molar-refractivity contribution < 1.29 is 14.4 Å². The first-order valence-corrected chi connectivity index (χ1v) is 6.83. The fourth-order valence-electron chi connectivity index (χ4n) is 1.70. The van der Waals surface area contributed by atoms with Gasteiger partial charge in [-0.2, -0.15) is 0 Å². The quantitative estimate of drug-likeness (QED) is 0.556. The van der Waals surface area contributed by atoms with Crippen molar-refractivity contribution in [3.63, 3.8) is 0 Å². The van der Waals surface area contributed by atoms with E-state index in [9.17, 15) is 10.1 Å². The van der Waals surface area contributed by atoms with Gasteiger partial charge in [-0.15, -0.1) is 0 Å². The Morgan fingerprint density at radius 1 is 1.35 bits per heavy atom. The molecule has 20 heavy (non-hydrogen) atoms. The molecule has 0 amide bonds. The molecule has 0 radical (unpaired) electrons. The molecule has 0 heterocycles. The zero-order chi connectivity index (χ0) is 15.0. The van der Waals surface area contributed by atoms with Gasteiger partial charge in [0.15, 0.2) is 0 Å². The van der Waals surface area contributed by atoms with Crippen LogP contribution in [0.4, 0.5) is 11.4 Å². The van der Waals surface area contributed by atoms with E-state index in [1.54, 1.807) is 6.07 Å². The number of non-ortho nitro benzene ring substituents is 1. The Bertz CT molecular complexity index is 437. The third kappa shape index (κ3) is 5.44. The number of benzene rings is 1. The number of rotatable bonds is 9. The molecule has 0 saturated carbocycles. The van der Waals surface area contributed by atoms with Crippen LogP contribution in [0, 0.1) is 10.1 Å². The molecule has 0 bridgehead atoms. The van der Waals surface area contributed by atoms with Crippen molar-refractivity contribution in [2.45, 2.75) is 33.2 Å². The van der Waals surface area contributed by atoms with E-state index in [0.717, 1.165) is 6.42 Å². The highest BCUT2D eigenvalue weighted by Crippen LogP contribution is 2.26. The second kappa shape index (κ2) is 8.37. The van der Waals surface area contributed by atoms with Crippen molar-refractivity contribution in [2.24, 2.45) is 0 Å². The summed E-state index contributed by atoms with van der Waals surface area (Å²) in [6, 6.07) is 4.77. The number of ether oxygens (including phenoxy) is 2. The fourth-order valence-corrected chi connectivity index (χ4v) is 1.70. The minimum Gasteiger partial charge on any atom is -0.493 e. The van der Waals surface area contributed by atoms with E-state index in [-0.39, 0.29) is 11.7 Å². The molecule has 0 aliphatic rings. The largest absolute Gasteiger partial charge is 0.493 e. The lowest BCUT2D eigenvalue weighted by Crippen LogP contribution is -2.21. The van der Waals surface area contributed by atoms with Crippen molar-refractivity contribution in [3.8, 4) is 5.75 Å². The maximum atomic E-state index is 10.9. The van der Waals surface area contributed by atoms with E-state index in [0.29, 0.717) is 31.3 Å². The molecule has 1 atom stereocenters. The predicted molar refractivity (Wildman–Crippen MR) is 78.5 cm³/mol. The van der Waals surface area contributed by atoms with Crippen LogP contribution in [0.1, 0.15) is 27.2 Å². The third-order valence-corrected chi connectivity index (χ3v) is 2.56. The van der Waals surface area contributed by atoms with Gasteiger partial charge in [0.2, 0.25) is 0 Å². The van der Waals surface area contributed by atoms with Crippen LogP contribution in [0.2, 0.25) is 0 Å². The highest BCUT2D eigenvalue weighted by Gasteiger charge is 2.12. The van der Waals surface area contributed by atoms with E-state index < -0.39 is 4.92 Å². The smallest absolute Gasteiger partial charge is 0.275 e. The summed E-state index contributed by atoms with van der Waals surface area (Å²) in [7, 11) is 0. The summed E-state index contributed by atoms with van der Waals surface area (Å²) in [5.41, 5.74) is 0.683. The third-order valence-electron chi connectivity index (χ3n) is 2.56. The van der Waals surface area contributed by atoms with E-state index in [4.69, 9.17) is 9.47 Å². The molecule has 0 fully saturated rings. The number of nitro groups is 1. The molecule has 0 saturated heterocycles. The van der Waals surface area contributed by atoms with Crippen molar-refractivity contribution in [2.75, 3.05) is 25.1 Å². The summed E-state index contributed by atoms with van der Waals surface area (Å²) in [5.74, 6) is 0.507. The monoisotopic (exact) mass is 282 g/mol. The molecule has 1 unspecified atom stereocenters. The molecule has 0 aliphatic carbocycles. The predicted octanol–water partition coefficient (Wildman–Crippen LogP) is 3.22. The van der Waals surface area contributed by atoms with Gasteiger partial charge >= 0.3 is 0 Å². The number of nitro benzene ring substituents is 1. The maximum absolute atomic E-state index is 10.9. The van der Waals surface area contributed by atoms with Crippen LogP contribution in [0.3, 0.4) is 0 Å². The van der Waals surface area contributed by atoms with Gasteiger partial charge in [-0.25, -0.2) is 0 Å². The van der Waals surface area contributed by atoms with Gasteiger partial charge in [-0.1, -0.05) is 6.92 Å². The first-order valence-electron chi connectivity index (χ1n) is 6.83. The Kier molecular flexibility index (Phi) is 6.79. The summed E-state index contributed by atoms with van der Waals surface area (Å²) in [5, 5.41) is 14.1. The van der Waals surface area contributed by atoms with Gasteiger partial charge < -0.3 is 14.8 Å². The first kappa shape index (κ1) is 16.2. The second-order valence-corrected chi connectivity index (χ2v) is 4.53. The summed E-state index contributed by atoms with van der Waals surface area (Å²) >= 11 is 0. The Morgan fingerprint density at radius 3 is 2.70 bits per heavy atom. The number of nitrogens with one attached hydrogen (secondary N) is 1. The molecule has 6 heteroatoms. The molecular weight excluding hydrogens is 260 g/mol. The van der Waals surface area contributed by atoms with Gasteiger partial charge in [0.1, 0.15) is 5.75 Å². The van der Waals surface area contributed by atoms with E-state index in [1.807, 2.05) is 20.8 Å². The molecule has 0 aromatic heterocycles. The lowest BCUT2D eigenvalue weighted by Gasteiger charge is -2.16. The fraction of sp³-hybridized carbons (Fsp3) is 0.571. The van der Waals surface area contributed by atoms with E-state index >= 15 is 0 Å². The van der Waals surface area contributed by atoms with Gasteiger partial charge in [0.25, 0.3) is 5.69 Å².